The first-order valence-corrected chi connectivity index (χ1v) is 2.82. The molecule has 6 heavy (non-hydrogen) atoms. The zero-order chi connectivity index (χ0) is 4.41. The number of hydrogen-bond acceptors (Lipinski definition) is 2. The van der Waals surface area contributed by atoms with E-state index < -0.39 is 0 Å². The molecule has 0 unspecified atom stereocenters. The highest BCUT2D eigenvalue weighted by atomic mass is 35.5. The van der Waals surface area contributed by atoms with Crippen LogP contribution in [0.5, 0.6) is 0 Å². The Bertz CT molecular complexity index is 65.2. The van der Waals surface area contributed by atoms with Crippen LogP contribution in [0.2, 0.25) is 0 Å². The van der Waals surface area contributed by atoms with Crippen LogP contribution in [-0.2, 0) is 0 Å². The minimum atomic E-state index is 0.867. The Kier molecular flexibility index (Phi) is 1.40. The first kappa shape index (κ1) is 4.50. The van der Waals surface area contributed by atoms with Gasteiger partial charge in [0.2, 0.25) is 0 Å². The second kappa shape index (κ2) is 1.87. The normalized spacial score (nSPS) is 22.8. The van der Waals surface area contributed by atoms with Crippen molar-refractivity contribution in [1.29, 1.82) is 0 Å². The van der Waals surface area contributed by atoms with Gasteiger partial charge in [-0.15, -0.1) is 0 Å². The molecule has 3 heteroatoms. The quantitative estimate of drug-likeness (QED) is 0.354. The number of halogens is 1. The lowest BCUT2D eigenvalue weighted by molar-refractivity contribution is 0.841. The number of hydrogen-bond donors (Lipinski definition) is 0. The molecule has 0 spiro atoms. The summed E-state index contributed by atoms with van der Waals surface area (Å²) in [6.45, 7) is 0.867. The van der Waals surface area contributed by atoms with E-state index in [0.717, 1.165) is 6.54 Å². The molecule has 0 aromatic carbocycles. The minimum Gasteiger partial charge on any atom is -0.155 e. The van der Waals surface area contributed by atoms with Gasteiger partial charge in [0, 0.05) is 6.54 Å². The number of rotatable bonds is 0. The van der Waals surface area contributed by atoms with Crippen LogP contribution in [0, 0.1) is 0 Å². The van der Waals surface area contributed by atoms with Crippen molar-refractivity contribution in [3.63, 3.8) is 0 Å². The molecule has 1 heterocycles. The van der Waals surface area contributed by atoms with E-state index in [-0.39, 0.29) is 0 Å². The first-order valence-electron chi connectivity index (χ1n) is 1.65. The highest BCUT2D eigenvalue weighted by molar-refractivity contribution is 8.00. The number of nitrogens with zero attached hydrogens (tertiary/aromatic N) is 1. The maximum Gasteiger partial charge on any atom is 0.0445 e. The van der Waals surface area contributed by atoms with Crippen LogP contribution in [-0.4, -0.2) is 10.4 Å². The molecular formula is C3H4ClNS. The van der Waals surface area contributed by atoms with E-state index >= 15 is 0 Å². The molecular weight excluding hydrogens is 118 g/mol. The van der Waals surface area contributed by atoms with Crippen molar-refractivity contribution >= 4 is 23.7 Å². The lowest BCUT2D eigenvalue weighted by Gasteiger charge is -1.95. The fourth-order valence-electron chi connectivity index (χ4n) is 0.278. The predicted octanol–water partition coefficient (Wildman–Crippen LogP) is 1.62. The monoisotopic (exact) mass is 121 g/mol. The van der Waals surface area contributed by atoms with E-state index in [1.807, 2.05) is 11.5 Å². The Balaban J connectivity index is 2.32. The van der Waals surface area contributed by atoms with Gasteiger partial charge in [-0.05, 0) is 29.1 Å². The average molecular weight is 122 g/mol. The SMILES string of the molecule is ClN1CC=CS1. The molecule has 1 nitrogen and oxygen atoms in total. The van der Waals surface area contributed by atoms with Gasteiger partial charge in [0.1, 0.15) is 0 Å². The lowest BCUT2D eigenvalue weighted by Crippen LogP contribution is -1.91. The van der Waals surface area contributed by atoms with Crippen LogP contribution < -0.4 is 0 Å². The molecule has 0 amide bonds. The third kappa shape index (κ3) is 0.899. The summed E-state index contributed by atoms with van der Waals surface area (Å²) in [5.41, 5.74) is 0. The molecule has 0 saturated carbocycles. The van der Waals surface area contributed by atoms with Gasteiger partial charge in [-0.2, -0.15) is 3.82 Å². The third-order valence-corrected chi connectivity index (χ3v) is 1.59. The molecule has 0 N–H and O–H groups in total. The molecule has 34 valence electrons. The van der Waals surface area contributed by atoms with E-state index in [2.05, 4.69) is 0 Å². The molecule has 1 aliphatic rings. The van der Waals surface area contributed by atoms with Crippen molar-refractivity contribution in [3.05, 3.63) is 11.5 Å². The van der Waals surface area contributed by atoms with E-state index in [4.69, 9.17) is 11.8 Å². The van der Waals surface area contributed by atoms with E-state index in [1.165, 1.54) is 11.9 Å². The zero-order valence-electron chi connectivity index (χ0n) is 3.10. The summed E-state index contributed by atoms with van der Waals surface area (Å²) in [5.74, 6) is 0. The van der Waals surface area contributed by atoms with Crippen molar-refractivity contribution in [2.75, 3.05) is 6.54 Å². The van der Waals surface area contributed by atoms with Crippen LogP contribution >= 0.6 is 23.7 Å². The maximum absolute atomic E-state index is 5.45. The Morgan fingerprint density at radius 1 is 1.83 bits per heavy atom. The van der Waals surface area contributed by atoms with Crippen molar-refractivity contribution in [2.24, 2.45) is 0 Å². The predicted molar refractivity (Wildman–Crippen MR) is 29.3 cm³/mol. The van der Waals surface area contributed by atoms with Gasteiger partial charge in [-0.25, -0.2) is 0 Å². The van der Waals surface area contributed by atoms with Crippen molar-refractivity contribution in [1.82, 2.24) is 3.82 Å². The Morgan fingerprint density at radius 3 is 2.83 bits per heavy atom. The molecule has 0 bridgehead atoms. The van der Waals surface area contributed by atoms with Crippen molar-refractivity contribution < 1.29 is 0 Å². The van der Waals surface area contributed by atoms with Gasteiger partial charge in [0.05, 0.1) is 0 Å². The van der Waals surface area contributed by atoms with Crippen molar-refractivity contribution in [3.8, 4) is 0 Å². The summed E-state index contributed by atoms with van der Waals surface area (Å²) in [4.78, 5) is 0. The summed E-state index contributed by atoms with van der Waals surface area (Å²) < 4.78 is 1.64. The molecule has 1 rings (SSSR count). The van der Waals surface area contributed by atoms with Crippen LogP contribution in [0.15, 0.2) is 11.5 Å². The van der Waals surface area contributed by atoms with Gasteiger partial charge in [-0.1, -0.05) is 6.08 Å². The molecule has 0 atom stereocenters. The zero-order valence-corrected chi connectivity index (χ0v) is 4.67. The molecule has 1 aliphatic heterocycles. The average Bonchev–Trinajstić information content (AvgIpc) is 1.86. The van der Waals surface area contributed by atoms with E-state index in [9.17, 15) is 0 Å². The van der Waals surface area contributed by atoms with Crippen molar-refractivity contribution in [2.45, 2.75) is 0 Å². The van der Waals surface area contributed by atoms with Gasteiger partial charge in [0.15, 0.2) is 0 Å². The van der Waals surface area contributed by atoms with E-state index in [0.29, 0.717) is 0 Å². The molecule has 0 radical (unpaired) electrons. The molecule has 0 fully saturated rings. The summed E-state index contributed by atoms with van der Waals surface area (Å²) in [7, 11) is 0. The lowest BCUT2D eigenvalue weighted by atomic mass is 10.7. The highest BCUT2D eigenvalue weighted by Crippen LogP contribution is 2.19. The molecule has 0 aliphatic carbocycles. The maximum atomic E-state index is 5.45. The van der Waals surface area contributed by atoms with Crippen LogP contribution in [0.3, 0.4) is 0 Å². The second-order valence-electron chi connectivity index (χ2n) is 0.977. The van der Waals surface area contributed by atoms with Crippen LogP contribution in [0.4, 0.5) is 0 Å². The Morgan fingerprint density at radius 2 is 2.67 bits per heavy atom. The summed E-state index contributed by atoms with van der Waals surface area (Å²) in [6.07, 6.45) is 2.01. The molecule has 0 aromatic heterocycles. The van der Waals surface area contributed by atoms with Gasteiger partial charge < -0.3 is 0 Å². The van der Waals surface area contributed by atoms with Gasteiger partial charge >= 0.3 is 0 Å². The van der Waals surface area contributed by atoms with Gasteiger partial charge in [0.25, 0.3) is 0 Å². The largest absolute Gasteiger partial charge is 0.155 e. The second-order valence-corrected chi connectivity index (χ2v) is 2.51. The topological polar surface area (TPSA) is 3.24 Å². The van der Waals surface area contributed by atoms with Gasteiger partial charge in [-0.3, -0.25) is 0 Å². The molecule has 0 aromatic rings. The smallest absolute Gasteiger partial charge is 0.0445 e. The molecule has 0 saturated heterocycles. The fraction of sp³-hybridized carbons (Fsp3) is 0.333. The third-order valence-electron chi connectivity index (χ3n) is 0.520. The summed E-state index contributed by atoms with van der Waals surface area (Å²) in [6, 6.07) is 0. The first-order chi connectivity index (χ1) is 2.89. The Labute approximate surface area is 46.2 Å². The fourth-order valence-corrected chi connectivity index (χ4v) is 0.972. The Hall–Kier alpha value is 0.340. The van der Waals surface area contributed by atoms with E-state index in [1.54, 1.807) is 3.82 Å². The standard InChI is InChI=1S/C3H4ClNS/c4-5-2-1-3-6-5/h1,3H,2H2. The summed E-state index contributed by atoms with van der Waals surface area (Å²) >= 11 is 6.96. The minimum absolute atomic E-state index is 0.867. The summed E-state index contributed by atoms with van der Waals surface area (Å²) in [5, 5.41) is 1.97. The van der Waals surface area contributed by atoms with Crippen LogP contribution in [0.1, 0.15) is 0 Å². The highest BCUT2D eigenvalue weighted by Gasteiger charge is 1.99. The van der Waals surface area contributed by atoms with Crippen LogP contribution in [0.25, 0.3) is 0 Å².